The predicted molar refractivity (Wildman–Crippen MR) is 79.1 cm³/mol. The van der Waals surface area contributed by atoms with Gasteiger partial charge in [-0.25, -0.2) is 4.39 Å². The number of anilines is 1. The van der Waals surface area contributed by atoms with Gasteiger partial charge in [0.2, 0.25) is 0 Å². The van der Waals surface area contributed by atoms with Crippen molar-refractivity contribution >= 4 is 5.69 Å². The van der Waals surface area contributed by atoms with E-state index in [1.165, 1.54) is 6.07 Å². The third-order valence-electron chi connectivity index (χ3n) is 3.73. The summed E-state index contributed by atoms with van der Waals surface area (Å²) >= 11 is 0. The lowest BCUT2D eigenvalue weighted by Crippen LogP contribution is -2.43. The third-order valence-corrected chi connectivity index (χ3v) is 3.73. The van der Waals surface area contributed by atoms with E-state index in [4.69, 9.17) is 5.73 Å². The van der Waals surface area contributed by atoms with Crippen LogP contribution in [0.2, 0.25) is 0 Å². The molecule has 1 aromatic heterocycles. The fourth-order valence-electron chi connectivity index (χ4n) is 2.77. The minimum atomic E-state index is -0.229. The van der Waals surface area contributed by atoms with Crippen molar-refractivity contribution in [2.45, 2.75) is 18.9 Å². The average Bonchev–Trinajstić information content (AvgIpc) is 2.47. The number of nitrogens with zero attached hydrogens (tertiary/aromatic N) is 2. The van der Waals surface area contributed by atoms with Crippen molar-refractivity contribution in [3.8, 4) is 11.1 Å². The van der Waals surface area contributed by atoms with E-state index in [9.17, 15) is 4.39 Å². The van der Waals surface area contributed by atoms with E-state index in [0.29, 0.717) is 0 Å². The Kier molecular flexibility index (Phi) is 3.65. The molecule has 1 atom stereocenters. The number of pyridine rings is 1. The highest BCUT2D eigenvalue weighted by molar-refractivity contribution is 5.77. The molecule has 0 bridgehead atoms. The summed E-state index contributed by atoms with van der Waals surface area (Å²) in [6.45, 7) is 1.83. The number of hydrogen-bond acceptors (Lipinski definition) is 3. The zero-order chi connectivity index (χ0) is 13.9. The maximum atomic E-state index is 13.4. The molecule has 20 heavy (non-hydrogen) atoms. The van der Waals surface area contributed by atoms with Crippen molar-refractivity contribution in [3.05, 3.63) is 48.5 Å². The zero-order valence-electron chi connectivity index (χ0n) is 11.3. The Hall–Kier alpha value is -1.94. The van der Waals surface area contributed by atoms with Crippen LogP contribution in [-0.2, 0) is 0 Å². The molecule has 1 unspecified atom stereocenters. The molecule has 1 aliphatic heterocycles. The van der Waals surface area contributed by atoms with Crippen LogP contribution in [-0.4, -0.2) is 24.1 Å². The summed E-state index contributed by atoms with van der Waals surface area (Å²) in [4.78, 5) is 6.46. The van der Waals surface area contributed by atoms with Crippen LogP contribution in [0.3, 0.4) is 0 Å². The molecule has 2 aromatic rings. The van der Waals surface area contributed by atoms with Gasteiger partial charge in [-0.2, -0.15) is 0 Å². The van der Waals surface area contributed by atoms with Gasteiger partial charge in [-0.3, -0.25) is 4.98 Å². The van der Waals surface area contributed by atoms with Crippen molar-refractivity contribution in [1.82, 2.24) is 4.98 Å². The first-order chi connectivity index (χ1) is 9.74. The summed E-state index contributed by atoms with van der Waals surface area (Å²) in [6.07, 6.45) is 5.73. The van der Waals surface area contributed by atoms with Crippen molar-refractivity contribution < 1.29 is 4.39 Å². The standard InChI is InChI=1S/C16H18FN3/c17-13-4-1-3-12(9-13)15-10-19-7-6-16(15)20-8-2-5-14(18)11-20/h1,3-4,6-7,9-10,14H,2,5,8,11,18H2. The first-order valence-corrected chi connectivity index (χ1v) is 6.94. The molecule has 1 aromatic carbocycles. The van der Waals surface area contributed by atoms with E-state index < -0.39 is 0 Å². The Morgan fingerprint density at radius 3 is 3.00 bits per heavy atom. The zero-order valence-corrected chi connectivity index (χ0v) is 11.3. The van der Waals surface area contributed by atoms with Gasteiger partial charge >= 0.3 is 0 Å². The van der Waals surface area contributed by atoms with Gasteiger partial charge < -0.3 is 10.6 Å². The number of benzene rings is 1. The summed E-state index contributed by atoms with van der Waals surface area (Å²) in [5.41, 5.74) is 8.96. The van der Waals surface area contributed by atoms with E-state index in [1.54, 1.807) is 24.5 Å². The van der Waals surface area contributed by atoms with Gasteiger partial charge in [0.15, 0.2) is 0 Å². The van der Waals surface area contributed by atoms with Crippen molar-refractivity contribution in [3.63, 3.8) is 0 Å². The SMILES string of the molecule is NC1CCCN(c2ccncc2-c2cccc(F)c2)C1. The number of halogens is 1. The van der Waals surface area contributed by atoms with E-state index in [2.05, 4.69) is 9.88 Å². The van der Waals surface area contributed by atoms with Gasteiger partial charge in [0.25, 0.3) is 0 Å². The van der Waals surface area contributed by atoms with Gasteiger partial charge in [-0.1, -0.05) is 12.1 Å². The largest absolute Gasteiger partial charge is 0.369 e. The quantitative estimate of drug-likeness (QED) is 0.913. The van der Waals surface area contributed by atoms with Gasteiger partial charge in [0.05, 0.1) is 0 Å². The van der Waals surface area contributed by atoms with Crippen LogP contribution in [0.15, 0.2) is 42.7 Å². The van der Waals surface area contributed by atoms with E-state index in [0.717, 1.165) is 42.7 Å². The lowest BCUT2D eigenvalue weighted by Gasteiger charge is -2.33. The Morgan fingerprint density at radius 2 is 2.20 bits per heavy atom. The summed E-state index contributed by atoms with van der Waals surface area (Å²) < 4.78 is 13.4. The molecule has 104 valence electrons. The first-order valence-electron chi connectivity index (χ1n) is 6.94. The van der Waals surface area contributed by atoms with Crippen LogP contribution in [0.25, 0.3) is 11.1 Å². The molecule has 2 N–H and O–H groups in total. The Bertz CT molecular complexity index is 600. The molecule has 1 fully saturated rings. The fraction of sp³-hybridized carbons (Fsp3) is 0.312. The number of nitrogens with two attached hydrogens (primary N) is 1. The minimum Gasteiger partial charge on any atom is -0.369 e. The highest BCUT2D eigenvalue weighted by Crippen LogP contribution is 2.31. The minimum absolute atomic E-state index is 0.206. The van der Waals surface area contributed by atoms with Crippen LogP contribution in [0.5, 0.6) is 0 Å². The molecule has 0 amide bonds. The molecule has 0 saturated carbocycles. The average molecular weight is 271 g/mol. The molecule has 1 saturated heterocycles. The van der Waals surface area contributed by atoms with Crippen LogP contribution >= 0.6 is 0 Å². The molecule has 0 radical (unpaired) electrons. The number of hydrogen-bond donors (Lipinski definition) is 1. The maximum Gasteiger partial charge on any atom is 0.123 e. The maximum absolute atomic E-state index is 13.4. The molecule has 0 spiro atoms. The molecular weight excluding hydrogens is 253 g/mol. The number of rotatable bonds is 2. The molecule has 3 rings (SSSR count). The second-order valence-electron chi connectivity index (χ2n) is 5.25. The van der Waals surface area contributed by atoms with Crippen molar-refractivity contribution in [2.75, 3.05) is 18.0 Å². The molecule has 1 aliphatic rings. The van der Waals surface area contributed by atoms with Crippen molar-refractivity contribution in [1.29, 1.82) is 0 Å². The normalized spacial score (nSPS) is 19.1. The monoisotopic (exact) mass is 271 g/mol. The number of aromatic nitrogens is 1. The highest BCUT2D eigenvalue weighted by Gasteiger charge is 2.19. The molecule has 4 heteroatoms. The second kappa shape index (κ2) is 5.59. The second-order valence-corrected chi connectivity index (χ2v) is 5.25. The molecule has 2 heterocycles. The first kappa shape index (κ1) is 13.1. The fourth-order valence-corrected chi connectivity index (χ4v) is 2.77. The molecular formula is C16H18FN3. The predicted octanol–water partition coefficient (Wildman–Crippen LogP) is 2.82. The van der Waals surface area contributed by atoms with Gasteiger partial charge in [0, 0.05) is 42.8 Å². The van der Waals surface area contributed by atoms with Gasteiger partial charge in [-0.15, -0.1) is 0 Å². The Morgan fingerprint density at radius 1 is 1.30 bits per heavy atom. The lowest BCUT2D eigenvalue weighted by atomic mass is 10.0. The molecule has 0 aliphatic carbocycles. The van der Waals surface area contributed by atoms with Crippen molar-refractivity contribution in [2.24, 2.45) is 5.73 Å². The Labute approximate surface area is 118 Å². The van der Waals surface area contributed by atoms with E-state index >= 15 is 0 Å². The van der Waals surface area contributed by atoms with Crippen LogP contribution in [0.1, 0.15) is 12.8 Å². The van der Waals surface area contributed by atoms with Gasteiger partial charge in [-0.05, 0) is 36.6 Å². The van der Waals surface area contributed by atoms with E-state index in [1.807, 2.05) is 12.1 Å². The van der Waals surface area contributed by atoms with Crippen LogP contribution in [0.4, 0.5) is 10.1 Å². The summed E-state index contributed by atoms with van der Waals surface area (Å²) in [6, 6.07) is 8.83. The van der Waals surface area contributed by atoms with Gasteiger partial charge in [0.1, 0.15) is 5.82 Å². The summed E-state index contributed by atoms with van der Waals surface area (Å²) in [7, 11) is 0. The summed E-state index contributed by atoms with van der Waals surface area (Å²) in [5.74, 6) is -0.229. The number of piperidine rings is 1. The smallest absolute Gasteiger partial charge is 0.123 e. The van der Waals surface area contributed by atoms with Crippen LogP contribution < -0.4 is 10.6 Å². The van der Waals surface area contributed by atoms with E-state index in [-0.39, 0.29) is 11.9 Å². The summed E-state index contributed by atoms with van der Waals surface area (Å²) in [5, 5.41) is 0. The third kappa shape index (κ3) is 2.65. The lowest BCUT2D eigenvalue weighted by molar-refractivity contribution is 0.506. The van der Waals surface area contributed by atoms with Crippen LogP contribution in [0, 0.1) is 5.82 Å². The highest BCUT2D eigenvalue weighted by atomic mass is 19.1. The topological polar surface area (TPSA) is 42.1 Å². The molecule has 3 nitrogen and oxygen atoms in total. The Balaban J connectivity index is 2.00.